The summed E-state index contributed by atoms with van der Waals surface area (Å²) in [4.78, 5) is 10.5. The van der Waals surface area contributed by atoms with Crippen LogP contribution >= 0.6 is 7.14 Å². The Kier molecular flexibility index (Phi) is 4.12. The lowest BCUT2D eigenvalue weighted by molar-refractivity contribution is -0.134. The molecule has 3 nitrogen and oxygen atoms in total. The lowest BCUT2D eigenvalue weighted by atomic mass is 10.5. The highest BCUT2D eigenvalue weighted by atomic mass is 31.2. The van der Waals surface area contributed by atoms with Gasteiger partial charge in [0.05, 0.1) is 14.3 Å². The minimum Gasteiger partial charge on any atom is -0.466 e. The number of esters is 1. The van der Waals surface area contributed by atoms with E-state index >= 15 is 0 Å². The first-order chi connectivity index (χ1) is 4.95. The molecule has 11 heavy (non-hydrogen) atoms. The van der Waals surface area contributed by atoms with E-state index in [4.69, 9.17) is 0 Å². The highest BCUT2D eigenvalue weighted by molar-refractivity contribution is 7.62. The van der Waals surface area contributed by atoms with Gasteiger partial charge in [-0.1, -0.05) is 6.08 Å². The summed E-state index contributed by atoms with van der Waals surface area (Å²) >= 11 is 0. The smallest absolute Gasteiger partial charge is 0.330 e. The Morgan fingerprint density at radius 1 is 1.55 bits per heavy atom. The van der Waals surface area contributed by atoms with Crippen molar-refractivity contribution in [2.75, 3.05) is 26.6 Å². The van der Waals surface area contributed by atoms with Gasteiger partial charge in [-0.25, -0.2) is 4.79 Å². The van der Waals surface area contributed by atoms with Crippen molar-refractivity contribution in [3.05, 3.63) is 12.2 Å². The molecular weight excluding hydrogens is 163 g/mol. The third-order valence-electron chi connectivity index (χ3n) is 1.00. The third-order valence-corrected chi connectivity index (χ3v) is 2.09. The number of carbonyl (C=O) groups is 1. The first-order valence-electron chi connectivity index (χ1n) is 3.24. The third kappa shape index (κ3) is 7.34. The maximum atomic E-state index is 11.1. The van der Waals surface area contributed by atoms with Gasteiger partial charge in [0.2, 0.25) is 0 Å². The molecule has 0 aromatic rings. The second-order valence-corrected chi connectivity index (χ2v) is 6.20. The maximum absolute atomic E-state index is 11.1. The van der Waals surface area contributed by atoms with Crippen LogP contribution in [0.15, 0.2) is 12.2 Å². The molecule has 0 fully saturated rings. The Bertz CT molecular complexity index is 202. The Balaban J connectivity index is 3.79. The second-order valence-electron chi connectivity index (χ2n) is 2.68. The van der Waals surface area contributed by atoms with Gasteiger partial charge in [0.25, 0.3) is 0 Å². The van der Waals surface area contributed by atoms with Crippen LogP contribution in [0.5, 0.6) is 0 Å². The number of ether oxygens (including phenoxy) is 1. The van der Waals surface area contributed by atoms with Crippen LogP contribution in [0.2, 0.25) is 0 Å². The first-order valence-corrected chi connectivity index (χ1v) is 6.03. The van der Waals surface area contributed by atoms with Gasteiger partial charge in [0.15, 0.2) is 0 Å². The summed E-state index contributed by atoms with van der Waals surface area (Å²) in [5.41, 5.74) is 0. The second kappa shape index (κ2) is 4.35. The Morgan fingerprint density at radius 3 is 2.45 bits per heavy atom. The molecule has 0 N–H and O–H groups in total. The molecule has 64 valence electrons. The fourth-order valence-electron chi connectivity index (χ4n) is 0.471. The average molecular weight is 176 g/mol. The van der Waals surface area contributed by atoms with Crippen LogP contribution in [-0.4, -0.2) is 32.6 Å². The molecule has 0 aromatic heterocycles. The van der Waals surface area contributed by atoms with Crippen LogP contribution in [0.4, 0.5) is 0 Å². The predicted molar refractivity (Wildman–Crippen MR) is 45.5 cm³/mol. The standard InChI is InChI=1S/C7H13O3P/c1-10-7(8)5-4-6-11(2,3)9/h4-5H,6H2,1-3H3/b5-4+. The summed E-state index contributed by atoms with van der Waals surface area (Å²) in [6.07, 6.45) is 3.31. The molecule has 0 bridgehead atoms. The molecular formula is C7H13O3P. The normalized spacial score (nSPS) is 11.9. The van der Waals surface area contributed by atoms with Gasteiger partial charge in [0.1, 0.15) is 0 Å². The summed E-state index contributed by atoms with van der Waals surface area (Å²) in [6.45, 7) is 3.35. The monoisotopic (exact) mass is 176 g/mol. The van der Waals surface area contributed by atoms with Crippen molar-refractivity contribution in [3.8, 4) is 0 Å². The van der Waals surface area contributed by atoms with Crippen LogP contribution < -0.4 is 0 Å². The summed E-state index contributed by atoms with van der Waals surface area (Å²) in [5, 5.41) is 0. The summed E-state index contributed by atoms with van der Waals surface area (Å²) in [5.74, 6) is -0.404. The molecule has 0 saturated heterocycles. The minimum absolute atomic E-state index is 0.404. The van der Waals surface area contributed by atoms with E-state index in [1.54, 1.807) is 19.4 Å². The van der Waals surface area contributed by atoms with Crippen molar-refractivity contribution in [3.63, 3.8) is 0 Å². The molecule has 0 aromatic carbocycles. The van der Waals surface area contributed by atoms with Crippen molar-refractivity contribution in [2.45, 2.75) is 0 Å². The van der Waals surface area contributed by atoms with E-state index in [0.717, 1.165) is 0 Å². The highest BCUT2D eigenvalue weighted by Crippen LogP contribution is 2.35. The van der Waals surface area contributed by atoms with Crippen LogP contribution in [0.1, 0.15) is 0 Å². The van der Waals surface area contributed by atoms with Crippen molar-refractivity contribution < 1.29 is 14.1 Å². The zero-order valence-corrected chi connectivity index (χ0v) is 7.93. The van der Waals surface area contributed by atoms with Gasteiger partial charge in [-0.05, 0) is 13.3 Å². The van der Waals surface area contributed by atoms with Crippen LogP contribution in [0.3, 0.4) is 0 Å². The van der Waals surface area contributed by atoms with Crippen molar-refractivity contribution in [1.82, 2.24) is 0 Å². The van der Waals surface area contributed by atoms with E-state index in [0.29, 0.717) is 6.16 Å². The molecule has 0 saturated carbocycles. The van der Waals surface area contributed by atoms with E-state index in [1.807, 2.05) is 0 Å². The molecule has 0 unspecified atom stereocenters. The van der Waals surface area contributed by atoms with Gasteiger partial charge in [-0.2, -0.15) is 0 Å². The Morgan fingerprint density at radius 2 is 2.09 bits per heavy atom. The Hall–Kier alpha value is -0.560. The molecule has 0 amide bonds. The molecule has 0 rings (SSSR count). The largest absolute Gasteiger partial charge is 0.466 e. The van der Waals surface area contributed by atoms with Crippen molar-refractivity contribution in [1.29, 1.82) is 0 Å². The molecule has 0 aliphatic rings. The lowest BCUT2D eigenvalue weighted by Crippen LogP contribution is -1.94. The zero-order chi connectivity index (χ0) is 8.91. The highest BCUT2D eigenvalue weighted by Gasteiger charge is 2.02. The van der Waals surface area contributed by atoms with Crippen molar-refractivity contribution >= 4 is 13.1 Å². The van der Waals surface area contributed by atoms with Crippen LogP contribution in [0.25, 0.3) is 0 Å². The predicted octanol–water partition coefficient (Wildman–Crippen LogP) is 1.34. The molecule has 0 radical (unpaired) electrons. The first kappa shape index (κ1) is 10.4. The average Bonchev–Trinajstić information content (AvgIpc) is 1.85. The maximum Gasteiger partial charge on any atom is 0.330 e. The fourth-order valence-corrected chi connectivity index (χ4v) is 1.08. The van der Waals surface area contributed by atoms with E-state index < -0.39 is 13.1 Å². The van der Waals surface area contributed by atoms with Gasteiger partial charge >= 0.3 is 5.97 Å². The Labute approximate surface area is 66.8 Å². The van der Waals surface area contributed by atoms with Crippen molar-refractivity contribution in [2.24, 2.45) is 0 Å². The molecule has 0 aliphatic carbocycles. The van der Waals surface area contributed by atoms with Gasteiger partial charge in [-0.3, -0.25) is 0 Å². The quantitative estimate of drug-likeness (QED) is 0.370. The summed E-state index contributed by atoms with van der Waals surface area (Å²) in [6, 6.07) is 0. The van der Waals surface area contributed by atoms with E-state index in [-0.39, 0.29) is 0 Å². The van der Waals surface area contributed by atoms with Crippen LogP contribution in [0, 0.1) is 0 Å². The molecule has 0 atom stereocenters. The number of hydrogen-bond donors (Lipinski definition) is 0. The van der Waals surface area contributed by atoms with Gasteiger partial charge in [0, 0.05) is 12.2 Å². The number of carbonyl (C=O) groups excluding carboxylic acids is 1. The topological polar surface area (TPSA) is 43.4 Å². The summed E-state index contributed by atoms with van der Waals surface area (Å²) < 4.78 is 15.4. The number of hydrogen-bond acceptors (Lipinski definition) is 3. The van der Waals surface area contributed by atoms with Gasteiger partial charge in [-0.15, -0.1) is 0 Å². The van der Waals surface area contributed by atoms with Crippen LogP contribution in [-0.2, 0) is 14.1 Å². The molecule has 0 aliphatic heterocycles. The number of methoxy groups -OCH3 is 1. The molecule has 0 heterocycles. The molecule has 0 spiro atoms. The zero-order valence-electron chi connectivity index (χ0n) is 7.03. The summed E-state index contributed by atoms with van der Waals surface area (Å²) in [7, 11) is -0.717. The molecule has 4 heteroatoms. The minimum atomic E-state index is -2.03. The SMILES string of the molecule is COC(=O)/C=C/CP(C)(C)=O. The van der Waals surface area contributed by atoms with E-state index in [9.17, 15) is 9.36 Å². The lowest BCUT2D eigenvalue weighted by Gasteiger charge is -1.99. The number of allylic oxidation sites excluding steroid dienone is 1. The fraction of sp³-hybridized carbons (Fsp3) is 0.571. The van der Waals surface area contributed by atoms with Gasteiger partial charge < -0.3 is 9.30 Å². The van der Waals surface area contributed by atoms with E-state index in [1.165, 1.54) is 13.2 Å². The van der Waals surface area contributed by atoms with E-state index in [2.05, 4.69) is 4.74 Å². The number of rotatable bonds is 3.